The summed E-state index contributed by atoms with van der Waals surface area (Å²) in [6, 6.07) is 0. The van der Waals surface area contributed by atoms with Crippen molar-refractivity contribution < 1.29 is 0 Å². The second kappa shape index (κ2) is 3.76. The molecule has 1 aliphatic rings. The van der Waals surface area contributed by atoms with Crippen LogP contribution >= 0.6 is 0 Å². The molecule has 0 spiro atoms. The Morgan fingerprint density at radius 1 is 1.36 bits per heavy atom. The topological polar surface area (TPSA) is 17.8 Å². The van der Waals surface area contributed by atoms with Crippen LogP contribution in [0.25, 0.3) is 0 Å². The quantitative estimate of drug-likeness (QED) is 0.704. The summed E-state index contributed by atoms with van der Waals surface area (Å²) in [5.41, 5.74) is 2.82. The van der Waals surface area contributed by atoms with Gasteiger partial charge in [0.2, 0.25) is 0 Å². The van der Waals surface area contributed by atoms with E-state index < -0.39 is 0 Å². The van der Waals surface area contributed by atoms with Crippen LogP contribution in [-0.2, 0) is 19.4 Å². The van der Waals surface area contributed by atoms with Crippen LogP contribution in [0.2, 0.25) is 0 Å². The van der Waals surface area contributed by atoms with Gasteiger partial charge in [-0.15, -0.1) is 0 Å². The Hall–Kier alpha value is -0.790. The zero-order valence-electron chi connectivity index (χ0n) is 9.51. The lowest BCUT2D eigenvalue weighted by Crippen LogP contribution is -2.12. The minimum absolute atomic E-state index is 0.572. The van der Waals surface area contributed by atoms with Gasteiger partial charge in [-0.3, -0.25) is 0 Å². The number of aromatic nitrogens is 2. The van der Waals surface area contributed by atoms with Crippen molar-refractivity contribution in [3.8, 4) is 0 Å². The lowest BCUT2D eigenvalue weighted by Gasteiger charge is -2.16. The molecule has 0 saturated carbocycles. The molecule has 0 amide bonds. The number of imidazole rings is 1. The van der Waals surface area contributed by atoms with Crippen molar-refractivity contribution in [3.63, 3.8) is 0 Å². The summed E-state index contributed by atoms with van der Waals surface area (Å²) in [6.45, 7) is 7.92. The van der Waals surface area contributed by atoms with Gasteiger partial charge < -0.3 is 4.57 Å². The number of rotatable bonds is 2. The zero-order chi connectivity index (χ0) is 10.1. The molecule has 0 bridgehead atoms. The van der Waals surface area contributed by atoms with E-state index in [-0.39, 0.29) is 0 Å². The smallest absolute Gasteiger partial charge is 0.109 e. The van der Waals surface area contributed by atoms with Crippen LogP contribution < -0.4 is 0 Å². The van der Waals surface area contributed by atoms with Crippen molar-refractivity contribution >= 4 is 0 Å². The first kappa shape index (κ1) is 9.75. The molecule has 2 rings (SSSR count). The van der Waals surface area contributed by atoms with Gasteiger partial charge in [-0.25, -0.2) is 4.98 Å². The van der Waals surface area contributed by atoms with E-state index in [1.807, 2.05) is 0 Å². The predicted octanol–water partition coefficient (Wildman–Crippen LogP) is 2.91. The van der Waals surface area contributed by atoms with E-state index >= 15 is 0 Å². The zero-order valence-corrected chi connectivity index (χ0v) is 9.51. The van der Waals surface area contributed by atoms with Crippen LogP contribution in [0.4, 0.5) is 0 Å². The minimum Gasteiger partial charge on any atom is -0.332 e. The van der Waals surface area contributed by atoms with Gasteiger partial charge in [-0.05, 0) is 25.2 Å². The van der Waals surface area contributed by atoms with Gasteiger partial charge in [-0.1, -0.05) is 20.8 Å². The maximum Gasteiger partial charge on any atom is 0.109 e. The second-order valence-corrected chi connectivity index (χ2v) is 4.48. The Morgan fingerprint density at radius 2 is 2.14 bits per heavy atom. The molecule has 0 saturated heterocycles. The average molecular weight is 192 g/mol. The van der Waals surface area contributed by atoms with Crippen molar-refractivity contribution in [2.45, 2.75) is 58.9 Å². The summed E-state index contributed by atoms with van der Waals surface area (Å²) in [7, 11) is 0. The summed E-state index contributed by atoms with van der Waals surface area (Å²) in [5, 5.41) is 0. The van der Waals surface area contributed by atoms with Crippen molar-refractivity contribution in [2.24, 2.45) is 0 Å². The predicted molar refractivity (Wildman–Crippen MR) is 58.6 cm³/mol. The monoisotopic (exact) mass is 192 g/mol. The Morgan fingerprint density at radius 3 is 2.79 bits per heavy atom. The molecule has 0 radical (unpaired) electrons. The Labute approximate surface area is 86.3 Å². The molecule has 2 heterocycles. The number of aryl methyl sites for hydroxylation is 1. The van der Waals surface area contributed by atoms with E-state index in [4.69, 9.17) is 4.98 Å². The Bertz CT molecular complexity index is 323. The summed E-state index contributed by atoms with van der Waals surface area (Å²) in [6.07, 6.45) is 4.95. The van der Waals surface area contributed by atoms with Crippen LogP contribution in [0.3, 0.4) is 0 Å². The molecular weight excluding hydrogens is 172 g/mol. The van der Waals surface area contributed by atoms with Gasteiger partial charge >= 0.3 is 0 Å². The molecule has 0 atom stereocenters. The molecule has 1 aromatic heterocycles. The van der Waals surface area contributed by atoms with E-state index in [0.29, 0.717) is 5.92 Å². The van der Waals surface area contributed by atoms with Crippen molar-refractivity contribution in [1.82, 2.24) is 9.55 Å². The van der Waals surface area contributed by atoms with E-state index in [9.17, 15) is 0 Å². The molecule has 0 unspecified atom stereocenters. The maximum absolute atomic E-state index is 4.78. The fraction of sp³-hybridized carbons (Fsp3) is 0.750. The molecule has 78 valence electrons. The highest BCUT2D eigenvalue weighted by molar-refractivity contribution is 5.21. The number of hydrogen-bond donors (Lipinski definition) is 0. The molecule has 1 aliphatic heterocycles. The molecule has 0 fully saturated rings. The highest BCUT2D eigenvalue weighted by atomic mass is 15.1. The third-order valence-electron chi connectivity index (χ3n) is 3.10. The first-order chi connectivity index (χ1) is 6.74. The third-order valence-corrected chi connectivity index (χ3v) is 3.10. The van der Waals surface area contributed by atoms with Crippen LogP contribution in [0, 0.1) is 0 Å². The largest absolute Gasteiger partial charge is 0.332 e. The molecule has 0 N–H and O–H groups in total. The van der Waals surface area contributed by atoms with Crippen molar-refractivity contribution in [1.29, 1.82) is 0 Å². The lowest BCUT2D eigenvalue weighted by atomic mass is 10.1. The highest BCUT2D eigenvalue weighted by Gasteiger charge is 2.19. The van der Waals surface area contributed by atoms with E-state index in [1.165, 1.54) is 43.0 Å². The normalized spacial score (nSPS) is 16.0. The van der Waals surface area contributed by atoms with Crippen molar-refractivity contribution in [3.05, 3.63) is 17.2 Å². The molecule has 2 nitrogen and oxygen atoms in total. The second-order valence-electron chi connectivity index (χ2n) is 4.48. The Balaban J connectivity index is 2.46. The minimum atomic E-state index is 0.572. The third kappa shape index (κ3) is 1.47. The van der Waals surface area contributed by atoms with E-state index in [2.05, 4.69) is 25.3 Å². The summed E-state index contributed by atoms with van der Waals surface area (Å²) < 4.78 is 2.46. The first-order valence-electron chi connectivity index (χ1n) is 5.82. The number of fused-ring (bicyclic) bond motifs is 1. The van der Waals surface area contributed by atoms with Gasteiger partial charge in [0.25, 0.3) is 0 Å². The SMILES string of the molecule is CCc1c(C(C)C)nc2n1CCCC2. The van der Waals surface area contributed by atoms with Gasteiger partial charge in [0.1, 0.15) is 5.82 Å². The standard InChI is InChI=1S/C12H20N2/c1-4-10-12(9(2)3)13-11-7-5-6-8-14(10)11/h9H,4-8H2,1-3H3. The van der Waals surface area contributed by atoms with Crippen LogP contribution in [0.5, 0.6) is 0 Å². The van der Waals surface area contributed by atoms with Crippen LogP contribution in [0.1, 0.15) is 56.7 Å². The number of nitrogens with zero attached hydrogens (tertiary/aromatic N) is 2. The molecule has 14 heavy (non-hydrogen) atoms. The van der Waals surface area contributed by atoms with Crippen LogP contribution in [0.15, 0.2) is 0 Å². The van der Waals surface area contributed by atoms with Gasteiger partial charge in [0, 0.05) is 18.7 Å². The molecule has 0 aliphatic carbocycles. The summed E-state index contributed by atoms with van der Waals surface area (Å²) in [4.78, 5) is 4.78. The maximum atomic E-state index is 4.78. The van der Waals surface area contributed by atoms with E-state index in [1.54, 1.807) is 0 Å². The van der Waals surface area contributed by atoms with Gasteiger partial charge in [0.05, 0.1) is 5.69 Å². The van der Waals surface area contributed by atoms with Crippen molar-refractivity contribution in [2.75, 3.05) is 0 Å². The summed E-state index contributed by atoms with van der Waals surface area (Å²) >= 11 is 0. The van der Waals surface area contributed by atoms with Gasteiger partial charge in [0.15, 0.2) is 0 Å². The average Bonchev–Trinajstić information content (AvgIpc) is 2.56. The molecule has 0 aromatic carbocycles. The Kier molecular flexibility index (Phi) is 2.62. The van der Waals surface area contributed by atoms with E-state index in [0.717, 1.165) is 6.42 Å². The summed E-state index contributed by atoms with van der Waals surface area (Å²) in [5.74, 6) is 1.90. The highest BCUT2D eigenvalue weighted by Crippen LogP contribution is 2.24. The number of hydrogen-bond acceptors (Lipinski definition) is 1. The van der Waals surface area contributed by atoms with Crippen LogP contribution in [-0.4, -0.2) is 9.55 Å². The fourth-order valence-corrected chi connectivity index (χ4v) is 2.40. The van der Waals surface area contributed by atoms with Gasteiger partial charge in [-0.2, -0.15) is 0 Å². The molecular formula is C12H20N2. The molecule has 2 heteroatoms. The lowest BCUT2D eigenvalue weighted by molar-refractivity contribution is 0.509. The fourth-order valence-electron chi connectivity index (χ4n) is 2.40. The first-order valence-corrected chi connectivity index (χ1v) is 5.82. The molecule has 1 aromatic rings.